The molecule has 1 aliphatic heterocycles. The van der Waals surface area contributed by atoms with Crippen LogP contribution in [0.1, 0.15) is 34.6 Å². The maximum absolute atomic E-state index is 12.9. The number of carbonyl (C=O) groups is 2. The highest BCUT2D eigenvalue weighted by Crippen LogP contribution is 2.22. The van der Waals surface area contributed by atoms with Crippen LogP contribution in [0.4, 0.5) is 0 Å². The highest BCUT2D eigenvalue weighted by Gasteiger charge is 2.32. The molecular formula is C21H22N4O5S2. The van der Waals surface area contributed by atoms with Crippen LogP contribution in [-0.2, 0) is 14.8 Å². The van der Waals surface area contributed by atoms with E-state index in [4.69, 9.17) is 4.74 Å². The van der Waals surface area contributed by atoms with Crippen LogP contribution in [0.5, 0.6) is 0 Å². The zero-order chi connectivity index (χ0) is 22.9. The van der Waals surface area contributed by atoms with E-state index in [1.807, 2.05) is 13.8 Å². The first kappa shape index (κ1) is 22.3. The number of rotatable bonds is 4. The first-order chi connectivity index (χ1) is 15.2. The fraction of sp³-hybridized carbons (Fsp3) is 0.286. The van der Waals surface area contributed by atoms with Crippen LogP contribution >= 0.6 is 11.3 Å². The first-order valence-electron chi connectivity index (χ1n) is 9.93. The lowest BCUT2D eigenvalue weighted by atomic mass is 10.2. The van der Waals surface area contributed by atoms with Crippen molar-refractivity contribution in [2.45, 2.75) is 31.0 Å². The van der Waals surface area contributed by atoms with Crippen LogP contribution in [0.2, 0.25) is 0 Å². The minimum absolute atomic E-state index is 0.0947. The molecule has 4 rings (SSSR count). The molecule has 1 aliphatic rings. The Morgan fingerprint density at radius 1 is 1.00 bits per heavy atom. The maximum Gasteiger partial charge on any atom is 0.269 e. The van der Waals surface area contributed by atoms with E-state index in [0.717, 1.165) is 10.2 Å². The molecule has 3 aromatic rings. The van der Waals surface area contributed by atoms with Gasteiger partial charge in [-0.15, -0.1) is 11.3 Å². The van der Waals surface area contributed by atoms with Crippen molar-refractivity contribution >= 4 is 43.4 Å². The van der Waals surface area contributed by atoms with E-state index in [1.165, 1.54) is 39.9 Å². The Labute approximate surface area is 189 Å². The van der Waals surface area contributed by atoms with Gasteiger partial charge in [-0.1, -0.05) is 0 Å². The van der Waals surface area contributed by atoms with E-state index < -0.39 is 21.8 Å². The number of hydrazine groups is 1. The van der Waals surface area contributed by atoms with Crippen LogP contribution in [0.25, 0.3) is 10.2 Å². The molecule has 1 saturated heterocycles. The zero-order valence-electron chi connectivity index (χ0n) is 17.4. The van der Waals surface area contributed by atoms with Crippen LogP contribution in [0, 0.1) is 0 Å². The Morgan fingerprint density at radius 3 is 2.25 bits per heavy atom. The average molecular weight is 475 g/mol. The molecule has 32 heavy (non-hydrogen) atoms. The van der Waals surface area contributed by atoms with Crippen LogP contribution in [0.15, 0.2) is 52.9 Å². The normalized spacial score (nSPS) is 19.6. The van der Waals surface area contributed by atoms with Gasteiger partial charge < -0.3 is 4.74 Å². The summed E-state index contributed by atoms with van der Waals surface area (Å²) in [6.45, 7) is 4.20. The molecule has 9 nitrogen and oxygen atoms in total. The number of ether oxygens (including phenoxy) is 1. The van der Waals surface area contributed by atoms with Gasteiger partial charge in [0, 0.05) is 24.2 Å². The quantitative estimate of drug-likeness (QED) is 0.560. The lowest BCUT2D eigenvalue weighted by molar-refractivity contribution is -0.0440. The molecule has 2 N–H and O–H groups in total. The third kappa shape index (κ3) is 4.65. The van der Waals surface area contributed by atoms with Crippen molar-refractivity contribution in [1.29, 1.82) is 0 Å². The fourth-order valence-electron chi connectivity index (χ4n) is 3.51. The summed E-state index contributed by atoms with van der Waals surface area (Å²) < 4.78 is 33.7. The Morgan fingerprint density at radius 2 is 1.59 bits per heavy atom. The molecular weight excluding hydrogens is 452 g/mol. The van der Waals surface area contributed by atoms with Gasteiger partial charge in [0.1, 0.15) is 0 Å². The van der Waals surface area contributed by atoms with Crippen molar-refractivity contribution < 1.29 is 22.7 Å². The van der Waals surface area contributed by atoms with E-state index in [2.05, 4.69) is 15.8 Å². The van der Waals surface area contributed by atoms with Crippen LogP contribution in [0.3, 0.4) is 0 Å². The molecule has 1 fully saturated rings. The number of nitrogens with zero attached hydrogens (tertiary/aromatic N) is 2. The first-order valence-corrected chi connectivity index (χ1v) is 12.3. The second-order valence-electron chi connectivity index (χ2n) is 7.55. The Kier molecular flexibility index (Phi) is 6.24. The van der Waals surface area contributed by atoms with Crippen LogP contribution < -0.4 is 10.9 Å². The number of morpholine rings is 1. The summed E-state index contributed by atoms with van der Waals surface area (Å²) in [4.78, 5) is 29.0. The second-order valence-corrected chi connectivity index (χ2v) is 10.4. The van der Waals surface area contributed by atoms with Crippen molar-refractivity contribution in [2.24, 2.45) is 0 Å². The van der Waals surface area contributed by atoms with Gasteiger partial charge in [-0.2, -0.15) is 4.31 Å². The number of sulfonamides is 1. The summed E-state index contributed by atoms with van der Waals surface area (Å²) >= 11 is 1.42. The molecule has 0 saturated carbocycles. The molecule has 2 heterocycles. The Bertz CT molecular complexity index is 1250. The SMILES string of the molecule is C[C@@H]1CN(S(=O)(=O)c2ccc(C(=O)NNC(=O)c3ccc4ncsc4c3)cc2)C[C@@H](C)O1. The Hall–Kier alpha value is -2.86. The molecule has 1 aromatic heterocycles. The molecule has 0 bridgehead atoms. The highest BCUT2D eigenvalue weighted by atomic mass is 32.2. The fourth-order valence-corrected chi connectivity index (χ4v) is 5.82. The van der Waals surface area contributed by atoms with Gasteiger partial charge in [0.15, 0.2) is 0 Å². The van der Waals surface area contributed by atoms with E-state index in [9.17, 15) is 18.0 Å². The summed E-state index contributed by atoms with van der Waals surface area (Å²) in [5.41, 5.74) is 7.80. The number of hydrogen-bond acceptors (Lipinski definition) is 7. The van der Waals surface area contributed by atoms with Crippen molar-refractivity contribution in [3.8, 4) is 0 Å². The van der Waals surface area contributed by atoms with Gasteiger partial charge in [0.05, 0.1) is 32.8 Å². The summed E-state index contributed by atoms with van der Waals surface area (Å²) in [6, 6.07) is 10.6. The molecule has 0 spiro atoms. The number of hydrogen-bond donors (Lipinski definition) is 2. The maximum atomic E-state index is 12.9. The van der Waals surface area contributed by atoms with E-state index in [-0.39, 0.29) is 35.8 Å². The van der Waals surface area contributed by atoms with Gasteiger partial charge in [-0.25, -0.2) is 13.4 Å². The predicted octanol–water partition coefficient (Wildman–Crippen LogP) is 2.17. The summed E-state index contributed by atoms with van der Waals surface area (Å²) in [7, 11) is -3.70. The van der Waals surface area contributed by atoms with Crippen molar-refractivity contribution in [2.75, 3.05) is 13.1 Å². The lowest BCUT2D eigenvalue weighted by Crippen LogP contribution is -2.48. The van der Waals surface area contributed by atoms with Crippen molar-refractivity contribution in [1.82, 2.24) is 20.1 Å². The third-order valence-electron chi connectivity index (χ3n) is 5.02. The van der Waals surface area contributed by atoms with E-state index in [1.54, 1.807) is 23.7 Å². The summed E-state index contributed by atoms with van der Waals surface area (Å²) in [5, 5.41) is 0. The monoisotopic (exact) mass is 474 g/mol. The number of amides is 2. The average Bonchev–Trinajstić information content (AvgIpc) is 3.24. The lowest BCUT2D eigenvalue weighted by Gasteiger charge is -2.34. The number of aromatic nitrogens is 1. The van der Waals surface area contributed by atoms with Gasteiger partial charge >= 0.3 is 0 Å². The van der Waals surface area contributed by atoms with E-state index >= 15 is 0 Å². The smallest absolute Gasteiger partial charge is 0.269 e. The number of thiazole rings is 1. The molecule has 2 aromatic carbocycles. The Balaban J connectivity index is 1.40. The standard InChI is InChI=1S/C21H22N4O5S2/c1-13-10-25(11-14(2)30-13)32(28,29)17-6-3-15(4-7-17)20(26)23-24-21(27)16-5-8-18-19(9-16)31-12-22-18/h3-9,12-14H,10-11H2,1-2H3,(H,23,26)(H,24,27)/t13-,14-/m1/s1. The van der Waals surface area contributed by atoms with Crippen molar-refractivity contribution in [3.05, 3.63) is 59.1 Å². The molecule has 168 valence electrons. The molecule has 0 radical (unpaired) electrons. The minimum Gasteiger partial charge on any atom is -0.373 e. The molecule has 0 aliphatic carbocycles. The summed E-state index contributed by atoms with van der Waals surface area (Å²) in [5.74, 6) is -1.03. The van der Waals surface area contributed by atoms with Gasteiger partial charge in [-0.05, 0) is 56.3 Å². The zero-order valence-corrected chi connectivity index (χ0v) is 19.1. The molecule has 11 heteroatoms. The molecule has 0 unspecified atom stereocenters. The van der Waals surface area contributed by atoms with Crippen LogP contribution in [-0.4, -0.2) is 54.8 Å². The minimum atomic E-state index is -3.70. The number of carbonyl (C=O) groups excluding carboxylic acids is 2. The predicted molar refractivity (Wildman–Crippen MR) is 120 cm³/mol. The number of fused-ring (bicyclic) bond motifs is 1. The topological polar surface area (TPSA) is 118 Å². The number of nitrogens with one attached hydrogen (secondary N) is 2. The molecule has 2 atom stereocenters. The van der Waals surface area contributed by atoms with Gasteiger partial charge in [0.2, 0.25) is 10.0 Å². The number of benzene rings is 2. The summed E-state index contributed by atoms with van der Waals surface area (Å²) in [6.07, 6.45) is -0.391. The van der Waals surface area contributed by atoms with Gasteiger partial charge in [-0.3, -0.25) is 20.4 Å². The van der Waals surface area contributed by atoms with Crippen molar-refractivity contribution in [3.63, 3.8) is 0 Å². The van der Waals surface area contributed by atoms with Gasteiger partial charge in [0.25, 0.3) is 11.8 Å². The largest absolute Gasteiger partial charge is 0.373 e. The highest BCUT2D eigenvalue weighted by molar-refractivity contribution is 7.89. The second kappa shape index (κ2) is 8.94. The third-order valence-corrected chi connectivity index (χ3v) is 7.66. The molecule has 2 amide bonds. The van der Waals surface area contributed by atoms with E-state index in [0.29, 0.717) is 5.56 Å².